The molecule has 0 atom stereocenters. The second-order valence-electron chi connectivity index (χ2n) is 4.89. The molecule has 122 valence electrons. The number of sulfonamides is 1. The molecule has 5 nitrogen and oxygen atoms in total. The minimum Gasteiger partial charge on any atom is -0.321 e. The van der Waals surface area contributed by atoms with E-state index in [1.807, 2.05) is 0 Å². The highest BCUT2D eigenvalue weighted by Gasteiger charge is 2.17. The minimum atomic E-state index is -3.51. The number of hydrogen-bond acceptors (Lipinski definition) is 3. The summed E-state index contributed by atoms with van der Waals surface area (Å²) >= 11 is 9.34. The smallest absolute Gasteiger partial charge is 0.255 e. The minimum absolute atomic E-state index is 0.126. The third-order valence-electron chi connectivity index (χ3n) is 3.07. The maximum atomic E-state index is 12.2. The zero-order valence-corrected chi connectivity index (χ0v) is 15.5. The van der Waals surface area contributed by atoms with Crippen LogP contribution in [0.5, 0.6) is 0 Å². The van der Waals surface area contributed by atoms with Crippen molar-refractivity contribution < 1.29 is 13.2 Å². The van der Waals surface area contributed by atoms with Crippen LogP contribution in [0, 0.1) is 0 Å². The van der Waals surface area contributed by atoms with Crippen LogP contribution in [0.2, 0.25) is 5.02 Å². The van der Waals surface area contributed by atoms with Crippen LogP contribution in [-0.2, 0) is 10.0 Å². The maximum Gasteiger partial charge on any atom is 0.255 e. The van der Waals surface area contributed by atoms with Gasteiger partial charge < -0.3 is 5.32 Å². The fourth-order valence-corrected chi connectivity index (χ4v) is 3.40. The molecule has 0 spiro atoms. The van der Waals surface area contributed by atoms with Crippen molar-refractivity contribution in [1.82, 2.24) is 4.31 Å². The summed E-state index contributed by atoms with van der Waals surface area (Å²) in [7, 11) is -0.615. The number of hydrogen-bond donors (Lipinski definition) is 1. The van der Waals surface area contributed by atoms with E-state index in [1.54, 1.807) is 18.2 Å². The lowest BCUT2D eigenvalue weighted by molar-refractivity contribution is 0.102. The molecule has 0 heterocycles. The van der Waals surface area contributed by atoms with Crippen LogP contribution < -0.4 is 5.32 Å². The second kappa shape index (κ2) is 7.00. The monoisotopic (exact) mass is 416 g/mol. The summed E-state index contributed by atoms with van der Waals surface area (Å²) in [5.41, 5.74) is 0.812. The number of carbonyl (C=O) groups excluding carboxylic acids is 1. The lowest BCUT2D eigenvalue weighted by atomic mass is 10.2. The van der Waals surface area contributed by atoms with Gasteiger partial charge in [-0.25, -0.2) is 12.7 Å². The highest BCUT2D eigenvalue weighted by atomic mass is 79.9. The Bertz CT molecular complexity index is 836. The summed E-state index contributed by atoms with van der Waals surface area (Å²) in [4.78, 5) is 12.3. The molecule has 0 radical (unpaired) electrons. The van der Waals surface area contributed by atoms with Crippen molar-refractivity contribution in [3.05, 3.63) is 57.5 Å². The topological polar surface area (TPSA) is 66.5 Å². The van der Waals surface area contributed by atoms with Crippen LogP contribution in [0.3, 0.4) is 0 Å². The van der Waals surface area contributed by atoms with Gasteiger partial charge in [0.25, 0.3) is 5.91 Å². The standard InChI is InChI=1S/C15H14BrClN2O3S/c1-19(2)23(21,22)12-6-3-10(4-7-12)15(20)18-14-8-5-11(16)9-13(14)17/h3-9H,1-2H3,(H,18,20). The Balaban J connectivity index is 2.21. The lowest BCUT2D eigenvalue weighted by Crippen LogP contribution is -2.22. The van der Waals surface area contributed by atoms with Crippen LogP contribution in [0.15, 0.2) is 51.8 Å². The van der Waals surface area contributed by atoms with Crippen LogP contribution in [-0.4, -0.2) is 32.7 Å². The molecule has 2 aromatic rings. The van der Waals surface area contributed by atoms with Crippen molar-refractivity contribution in [3.8, 4) is 0 Å². The first kappa shape index (κ1) is 17.9. The average Bonchev–Trinajstić information content (AvgIpc) is 2.50. The molecule has 0 unspecified atom stereocenters. The quantitative estimate of drug-likeness (QED) is 0.826. The number of nitrogens with zero attached hydrogens (tertiary/aromatic N) is 1. The van der Waals surface area contributed by atoms with E-state index in [1.165, 1.54) is 38.4 Å². The number of nitrogens with one attached hydrogen (secondary N) is 1. The number of carbonyl (C=O) groups is 1. The average molecular weight is 418 g/mol. The first-order chi connectivity index (χ1) is 10.7. The molecule has 8 heteroatoms. The molecule has 0 aliphatic heterocycles. The number of rotatable bonds is 4. The van der Waals surface area contributed by atoms with Gasteiger partial charge in [0.1, 0.15) is 0 Å². The van der Waals surface area contributed by atoms with E-state index in [2.05, 4.69) is 21.2 Å². The van der Waals surface area contributed by atoms with Crippen molar-refractivity contribution in [2.24, 2.45) is 0 Å². The van der Waals surface area contributed by atoms with E-state index in [0.717, 1.165) is 8.78 Å². The van der Waals surface area contributed by atoms with Crippen LogP contribution in [0.25, 0.3) is 0 Å². The summed E-state index contributed by atoms with van der Waals surface area (Å²) in [6, 6.07) is 10.8. The molecule has 1 amide bonds. The van der Waals surface area contributed by atoms with E-state index < -0.39 is 10.0 Å². The van der Waals surface area contributed by atoms with Crippen LogP contribution >= 0.6 is 27.5 Å². The molecule has 1 N–H and O–H groups in total. The lowest BCUT2D eigenvalue weighted by Gasteiger charge is -2.12. The molecule has 2 rings (SSSR count). The fraction of sp³-hybridized carbons (Fsp3) is 0.133. The summed E-state index contributed by atoms with van der Waals surface area (Å²) in [6.45, 7) is 0. The summed E-state index contributed by atoms with van der Waals surface area (Å²) in [6.07, 6.45) is 0. The molecule has 0 aliphatic carbocycles. The number of benzene rings is 2. The van der Waals surface area contributed by atoms with Gasteiger partial charge in [0.2, 0.25) is 10.0 Å². The molecular formula is C15H14BrClN2O3S. The molecule has 0 saturated heterocycles. The third kappa shape index (κ3) is 4.11. The Kier molecular flexibility index (Phi) is 5.46. The predicted molar refractivity (Wildman–Crippen MR) is 94.4 cm³/mol. The Labute approximate surface area is 148 Å². The van der Waals surface area contributed by atoms with Crippen molar-refractivity contribution in [1.29, 1.82) is 0 Å². The SMILES string of the molecule is CN(C)S(=O)(=O)c1ccc(C(=O)Nc2ccc(Br)cc2Cl)cc1. The van der Waals surface area contributed by atoms with Gasteiger partial charge in [-0.3, -0.25) is 4.79 Å². The second-order valence-corrected chi connectivity index (χ2v) is 8.36. The van der Waals surface area contributed by atoms with Crippen molar-refractivity contribution >= 4 is 49.1 Å². The molecule has 0 aromatic heterocycles. The van der Waals surface area contributed by atoms with Gasteiger partial charge in [0, 0.05) is 24.1 Å². The zero-order chi connectivity index (χ0) is 17.2. The van der Waals surface area contributed by atoms with E-state index in [0.29, 0.717) is 16.3 Å². The van der Waals surface area contributed by atoms with Gasteiger partial charge in [0.05, 0.1) is 15.6 Å². The molecule has 0 fully saturated rings. The number of amides is 1. The molecule has 2 aromatic carbocycles. The van der Waals surface area contributed by atoms with Crippen molar-refractivity contribution in [3.63, 3.8) is 0 Å². The van der Waals surface area contributed by atoms with Crippen molar-refractivity contribution in [2.75, 3.05) is 19.4 Å². The largest absolute Gasteiger partial charge is 0.321 e. The first-order valence-corrected chi connectivity index (χ1v) is 9.12. The van der Waals surface area contributed by atoms with Gasteiger partial charge in [0.15, 0.2) is 0 Å². The number of halogens is 2. The fourth-order valence-electron chi connectivity index (χ4n) is 1.77. The molecule has 23 heavy (non-hydrogen) atoms. The van der Waals surface area contributed by atoms with Gasteiger partial charge in [-0.1, -0.05) is 27.5 Å². The Morgan fingerprint density at radius 3 is 2.26 bits per heavy atom. The maximum absolute atomic E-state index is 12.2. The van der Waals surface area contributed by atoms with Gasteiger partial charge >= 0.3 is 0 Å². The molecule has 0 saturated carbocycles. The zero-order valence-electron chi connectivity index (χ0n) is 12.4. The molecular weight excluding hydrogens is 404 g/mol. The van der Waals surface area contributed by atoms with Crippen LogP contribution in [0.4, 0.5) is 5.69 Å². The molecule has 0 aliphatic rings. The van der Waals surface area contributed by atoms with Crippen LogP contribution in [0.1, 0.15) is 10.4 Å². The summed E-state index contributed by atoms with van der Waals surface area (Å²) in [5, 5.41) is 3.09. The first-order valence-electron chi connectivity index (χ1n) is 6.51. The Morgan fingerprint density at radius 2 is 1.74 bits per heavy atom. The summed E-state index contributed by atoms with van der Waals surface area (Å²) < 4.78 is 25.9. The Hall–Kier alpha value is -1.41. The Morgan fingerprint density at radius 1 is 1.13 bits per heavy atom. The number of anilines is 1. The third-order valence-corrected chi connectivity index (χ3v) is 5.71. The van der Waals surface area contributed by atoms with E-state index in [4.69, 9.17) is 11.6 Å². The van der Waals surface area contributed by atoms with E-state index in [-0.39, 0.29) is 10.8 Å². The summed E-state index contributed by atoms with van der Waals surface area (Å²) in [5.74, 6) is -0.372. The highest BCUT2D eigenvalue weighted by Crippen LogP contribution is 2.26. The predicted octanol–water partition coefficient (Wildman–Crippen LogP) is 3.61. The van der Waals surface area contributed by atoms with Gasteiger partial charge in [-0.15, -0.1) is 0 Å². The highest BCUT2D eigenvalue weighted by molar-refractivity contribution is 9.10. The van der Waals surface area contributed by atoms with E-state index >= 15 is 0 Å². The van der Waals surface area contributed by atoms with Crippen molar-refractivity contribution in [2.45, 2.75) is 4.90 Å². The molecule has 0 bridgehead atoms. The van der Waals surface area contributed by atoms with Gasteiger partial charge in [-0.2, -0.15) is 0 Å². The normalized spacial score (nSPS) is 11.5. The van der Waals surface area contributed by atoms with Gasteiger partial charge in [-0.05, 0) is 42.5 Å². The van der Waals surface area contributed by atoms with E-state index in [9.17, 15) is 13.2 Å².